The summed E-state index contributed by atoms with van der Waals surface area (Å²) >= 11 is 3.00. The van der Waals surface area contributed by atoms with Gasteiger partial charge >= 0.3 is 0 Å². The number of ether oxygens (including phenoxy) is 2. The Labute approximate surface area is 158 Å². The molecule has 0 saturated carbocycles. The highest BCUT2D eigenvalue weighted by molar-refractivity contribution is 7.99. The van der Waals surface area contributed by atoms with Crippen LogP contribution in [0.15, 0.2) is 46.9 Å². The van der Waals surface area contributed by atoms with Gasteiger partial charge in [-0.05, 0) is 23.6 Å². The number of thioether (sulfide) groups is 1. The highest BCUT2D eigenvalue weighted by atomic mass is 32.2. The molecular weight excluding hydrogens is 372 g/mol. The fourth-order valence-electron chi connectivity index (χ4n) is 2.60. The number of thiophene rings is 1. The maximum absolute atomic E-state index is 12.8. The first kappa shape index (κ1) is 16.9. The molecule has 0 N–H and O–H groups in total. The van der Waals surface area contributed by atoms with Crippen molar-refractivity contribution >= 4 is 29.0 Å². The van der Waals surface area contributed by atoms with E-state index in [1.54, 1.807) is 34.6 Å². The van der Waals surface area contributed by atoms with Gasteiger partial charge < -0.3 is 9.47 Å². The number of benzene rings is 1. The lowest BCUT2D eigenvalue weighted by molar-refractivity contribution is 0.0957. The highest BCUT2D eigenvalue weighted by Gasteiger charge is 2.28. The SMILES string of the molecule is COc1cccc(OCc2nnc3n2N(C(=O)c2cccs2)CCS3)c1. The first-order valence-corrected chi connectivity index (χ1v) is 9.82. The van der Waals surface area contributed by atoms with Crippen molar-refractivity contribution in [1.29, 1.82) is 0 Å². The van der Waals surface area contributed by atoms with E-state index in [2.05, 4.69) is 10.2 Å². The predicted molar refractivity (Wildman–Crippen MR) is 99.8 cm³/mol. The van der Waals surface area contributed by atoms with Crippen LogP contribution in [0.3, 0.4) is 0 Å². The van der Waals surface area contributed by atoms with Crippen LogP contribution in [-0.2, 0) is 6.61 Å². The van der Waals surface area contributed by atoms with Crippen molar-refractivity contribution in [2.75, 3.05) is 24.4 Å². The standard InChI is InChI=1S/C17H16N4O3S2/c1-23-12-4-2-5-13(10-12)24-11-15-18-19-17-21(15)20(7-9-26-17)16(22)14-6-3-8-25-14/h2-6,8,10H,7,9,11H2,1H3. The minimum absolute atomic E-state index is 0.0519. The van der Waals surface area contributed by atoms with Gasteiger partial charge in [-0.25, -0.2) is 9.69 Å². The van der Waals surface area contributed by atoms with Gasteiger partial charge in [-0.2, -0.15) is 0 Å². The number of hydrogen-bond acceptors (Lipinski definition) is 7. The van der Waals surface area contributed by atoms with E-state index in [1.165, 1.54) is 11.3 Å². The van der Waals surface area contributed by atoms with Crippen molar-refractivity contribution < 1.29 is 14.3 Å². The van der Waals surface area contributed by atoms with Gasteiger partial charge in [0.15, 0.2) is 5.82 Å². The number of amides is 1. The average molecular weight is 388 g/mol. The van der Waals surface area contributed by atoms with Crippen LogP contribution in [0, 0.1) is 0 Å². The van der Waals surface area contributed by atoms with Crippen molar-refractivity contribution in [1.82, 2.24) is 14.9 Å². The lowest BCUT2D eigenvalue weighted by atomic mass is 10.3. The monoisotopic (exact) mass is 388 g/mol. The summed E-state index contributed by atoms with van der Waals surface area (Å²) in [6.07, 6.45) is 0. The topological polar surface area (TPSA) is 69.5 Å². The molecule has 0 fully saturated rings. The van der Waals surface area contributed by atoms with Gasteiger partial charge in [0.2, 0.25) is 5.16 Å². The minimum Gasteiger partial charge on any atom is -0.497 e. The van der Waals surface area contributed by atoms with E-state index < -0.39 is 0 Å². The van der Waals surface area contributed by atoms with Crippen molar-refractivity contribution in [3.05, 3.63) is 52.5 Å². The second kappa shape index (κ2) is 7.38. The first-order valence-electron chi connectivity index (χ1n) is 7.96. The Kier molecular flexibility index (Phi) is 4.81. The summed E-state index contributed by atoms with van der Waals surface area (Å²) in [7, 11) is 1.61. The molecule has 0 aliphatic carbocycles. The Bertz CT molecular complexity index is 911. The van der Waals surface area contributed by atoms with Gasteiger partial charge in [-0.15, -0.1) is 21.5 Å². The molecule has 0 bridgehead atoms. The number of methoxy groups -OCH3 is 1. The summed E-state index contributed by atoms with van der Waals surface area (Å²) in [6.45, 7) is 0.799. The highest BCUT2D eigenvalue weighted by Crippen LogP contribution is 2.25. The number of carbonyl (C=O) groups excluding carboxylic acids is 1. The van der Waals surface area contributed by atoms with Gasteiger partial charge in [-0.1, -0.05) is 23.9 Å². The van der Waals surface area contributed by atoms with Crippen molar-refractivity contribution in [3.63, 3.8) is 0 Å². The number of rotatable bonds is 5. The number of nitrogens with zero attached hydrogens (tertiary/aromatic N) is 4. The quantitative estimate of drug-likeness (QED) is 0.669. The molecule has 1 aliphatic rings. The normalized spacial score (nSPS) is 13.3. The van der Waals surface area contributed by atoms with Gasteiger partial charge in [-0.3, -0.25) is 4.79 Å². The van der Waals surface area contributed by atoms with Crippen LogP contribution >= 0.6 is 23.1 Å². The van der Waals surface area contributed by atoms with E-state index in [1.807, 2.05) is 35.7 Å². The van der Waals surface area contributed by atoms with Gasteiger partial charge in [0, 0.05) is 11.8 Å². The molecule has 9 heteroatoms. The number of carbonyl (C=O) groups is 1. The van der Waals surface area contributed by atoms with E-state index in [9.17, 15) is 4.79 Å². The Morgan fingerprint density at radius 1 is 1.23 bits per heavy atom. The molecule has 0 spiro atoms. The van der Waals surface area contributed by atoms with Gasteiger partial charge in [0.05, 0.1) is 18.5 Å². The lowest BCUT2D eigenvalue weighted by Crippen LogP contribution is -2.45. The Morgan fingerprint density at radius 2 is 2.12 bits per heavy atom. The first-order chi connectivity index (χ1) is 12.8. The minimum atomic E-state index is -0.0519. The zero-order valence-corrected chi connectivity index (χ0v) is 15.6. The molecule has 0 atom stereocenters. The van der Waals surface area contributed by atoms with E-state index in [0.717, 1.165) is 11.5 Å². The molecule has 0 saturated heterocycles. The molecule has 26 heavy (non-hydrogen) atoms. The number of hydrogen-bond donors (Lipinski definition) is 0. The molecule has 4 rings (SSSR count). The molecule has 0 unspecified atom stereocenters. The third kappa shape index (κ3) is 3.27. The number of fused-ring (bicyclic) bond motifs is 1. The second-order valence-corrected chi connectivity index (χ2v) is 7.44. The van der Waals surface area contributed by atoms with E-state index in [-0.39, 0.29) is 12.5 Å². The summed E-state index contributed by atoms with van der Waals surface area (Å²) < 4.78 is 12.8. The predicted octanol–water partition coefficient (Wildman–Crippen LogP) is 2.81. The fourth-order valence-corrected chi connectivity index (χ4v) is 4.14. The molecule has 1 aromatic carbocycles. The third-order valence-electron chi connectivity index (χ3n) is 3.83. The van der Waals surface area contributed by atoms with Crippen LogP contribution in [0.1, 0.15) is 15.5 Å². The lowest BCUT2D eigenvalue weighted by Gasteiger charge is -2.28. The van der Waals surface area contributed by atoms with Crippen LogP contribution in [0.5, 0.6) is 11.5 Å². The molecule has 7 nitrogen and oxygen atoms in total. The van der Waals surface area contributed by atoms with Crippen molar-refractivity contribution in [2.45, 2.75) is 11.8 Å². The summed E-state index contributed by atoms with van der Waals surface area (Å²) in [4.78, 5) is 13.5. The van der Waals surface area contributed by atoms with Crippen LogP contribution < -0.4 is 14.5 Å². The maximum Gasteiger partial charge on any atom is 0.282 e. The smallest absolute Gasteiger partial charge is 0.282 e. The molecule has 134 valence electrons. The van der Waals surface area contributed by atoms with E-state index >= 15 is 0 Å². The Hall–Kier alpha value is -2.52. The van der Waals surface area contributed by atoms with Crippen molar-refractivity contribution in [2.24, 2.45) is 0 Å². The van der Waals surface area contributed by atoms with Crippen LogP contribution in [0.4, 0.5) is 0 Å². The van der Waals surface area contributed by atoms with Crippen molar-refractivity contribution in [3.8, 4) is 11.5 Å². The van der Waals surface area contributed by atoms with E-state index in [0.29, 0.717) is 28.2 Å². The Balaban J connectivity index is 1.57. The number of aromatic nitrogens is 3. The average Bonchev–Trinajstić information content (AvgIpc) is 3.36. The summed E-state index contributed by atoms with van der Waals surface area (Å²) in [5.41, 5.74) is 0. The molecule has 3 aromatic rings. The largest absolute Gasteiger partial charge is 0.497 e. The summed E-state index contributed by atoms with van der Waals surface area (Å²) in [5, 5.41) is 12.7. The van der Waals surface area contributed by atoms with Crippen LogP contribution in [0.2, 0.25) is 0 Å². The van der Waals surface area contributed by atoms with Crippen LogP contribution in [0.25, 0.3) is 0 Å². The second-order valence-electron chi connectivity index (χ2n) is 5.43. The van der Waals surface area contributed by atoms with Gasteiger partial charge in [0.1, 0.15) is 18.1 Å². The van der Waals surface area contributed by atoms with Crippen LogP contribution in [-0.4, -0.2) is 40.2 Å². The molecule has 0 radical (unpaired) electrons. The fraction of sp³-hybridized carbons (Fsp3) is 0.235. The molecule has 3 heterocycles. The zero-order chi connectivity index (χ0) is 17.9. The molecule has 1 amide bonds. The molecular formula is C17H16N4O3S2. The molecule has 1 aliphatic heterocycles. The zero-order valence-electron chi connectivity index (χ0n) is 14.0. The Morgan fingerprint density at radius 3 is 2.92 bits per heavy atom. The van der Waals surface area contributed by atoms with Gasteiger partial charge in [0.25, 0.3) is 5.91 Å². The maximum atomic E-state index is 12.8. The van der Waals surface area contributed by atoms with E-state index in [4.69, 9.17) is 9.47 Å². The summed E-state index contributed by atoms with van der Waals surface area (Å²) in [5.74, 6) is 2.70. The third-order valence-corrected chi connectivity index (χ3v) is 5.59. The molecule has 2 aromatic heterocycles. The summed E-state index contributed by atoms with van der Waals surface area (Å²) in [6, 6.07) is 11.1.